The van der Waals surface area contributed by atoms with Crippen molar-refractivity contribution in [1.82, 2.24) is 0 Å². The molecule has 1 spiro atoms. The van der Waals surface area contributed by atoms with Gasteiger partial charge in [-0.3, -0.25) is 0 Å². The molecule has 0 heterocycles. The van der Waals surface area contributed by atoms with Crippen LogP contribution in [-0.4, -0.2) is 10.7 Å². The molecule has 1 heteroatoms. The van der Waals surface area contributed by atoms with Gasteiger partial charge in [0.1, 0.15) is 0 Å². The van der Waals surface area contributed by atoms with Crippen LogP contribution in [0.1, 0.15) is 32.6 Å². The Labute approximate surface area is 66.8 Å². The summed E-state index contributed by atoms with van der Waals surface area (Å²) >= 11 is 0. The second kappa shape index (κ2) is 1.02. The summed E-state index contributed by atoms with van der Waals surface area (Å²) in [4.78, 5) is 0. The van der Waals surface area contributed by atoms with E-state index in [1.165, 1.54) is 12.8 Å². The van der Waals surface area contributed by atoms with Crippen molar-refractivity contribution in [2.24, 2.45) is 22.7 Å². The SMILES string of the molecule is CC12CC3CC34CC(O)(C1)C24. The van der Waals surface area contributed by atoms with Gasteiger partial charge in [0.2, 0.25) is 0 Å². The van der Waals surface area contributed by atoms with Gasteiger partial charge in [-0.15, -0.1) is 0 Å². The third kappa shape index (κ3) is 0.327. The minimum Gasteiger partial charge on any atom is -0.390 e. The molecule has 5 atom stereocenters. The Morgan fingerprint density at radius 3 is 2.64 bits per heavy atom. The second-order valence-corrected chi connectivity index (χ2v) is 5.88. The van der Waals surface area contributed by atoms with Crippen molar-refractivity contribution in [2.45, 2.75) is 38.2 Å². The van der Waals surface area contributed by atoms with Gasteiger partial charge in [-0.25, -0.2) is 0 Å². The van der Waals surface area contributed by atoms with E-state index < -0.39 is 0 Å². The number of hydrogen-bond donors (Lipinski definition) is 1. The molecule has 0 aromatic carbocycles. The van der Waals surface area contributed by atoms with Gasteiger partial charge in [-0.05, 0) is 48.3 Å². The molecule has 0 aliphatic heterocycles. The smallest absolute Gasteiger partial charge is 0.0697 e. The van der Waals surface area contributed by atoms with E-state index in [4.69, 9.17) is 0 Å². The Kier molecular flexibility index (Phi) is 0.519. The van der Waals surface area contributed by atoms with E-state index in [2.05, 4.69) is 6.92 Å². The summed E-state index contributed by atoms with van der Waals surface area (Å²) in [5, 5.41) is 10.0. The van der Waals surface area contributed by atoms with E-state index in [0.717, 1.165) is 24.7 Å². The van der Waals surface area contributed by atoms with E-state index in [9.17, 15) is 5.11 Å². The summed E-state index contributed by atoms with van der Waals surface area (Å²) < 4.78 is 0. The van der Waals surface area contributed by atoms with E-state index in [1.807, 2.05) is 0 Å². The Morgan fingerprint density at radius 1 is 1.27 bits per heavy atom. The van der Waals surface area contributed by atoms with Crippen LogP contribution in [0.15, 0.2) is 0 Å². The van der Waals surface area contributed by atoms with E-state index in [1.54, 1.807) is 0 Å². The van der Waals surface area contributed by atoms with Crippen molar-refractivity contribution in [3.8, 4) is 0 Å². The zero-order valence-electron chi connectivity index (χ0n) is 6.93. The highest BCUT2D eigenvalue weighted by Crippen LogP contribution is 2.90. The van der Waals surface area contributed by atoms with Crippen molar-refractivity contribution < 1.29 is 5.11 Å². The maximum absolute atomic E-state index is 10.0. The fraction of sp³-hybridized carbons (Fsp3) is 1.00. The number of hydrogen-bond acceptors (Lipinski definition) is 1. The lowest BCUT2D eigenvalue weighted by molar-refractivity contribution is -0.276. The fourth-order valence-electron chi connectivity index (χ4n) is 5.35. The molecule has 4 aliphatic rings. The zero-order valence-corrected chi connectivity index (χ0v) is 6.93. The molecule has 0 radical (unpaired) electrons. The molecule has 1 nitrogen and oxygen atoms in total. The summed E-state index contributed by atoms with van der Waals surface area (Å²) in [5.74, 6) is 1.76. The molecule has 1 N–H and O–H groups in total. The van der Waals surface area contributed by atoms with E-state index in [-0.39, 0.29) is 5.60 Å². The lowest BCUT2D eigenvalue weighted by Crippen LogP contribution is -2.69. The molecule has 60 valence electrons. The zero-order chi connectivity index (χ0) is 7.48. The molecule has 11 heavy (non-hydrogen) atoms. The molecule has 4 aliphatic carbocycles. The predicted octanol–water partition coefficient (Wildman–Crippen LogP) is 1.56. The molecular formula is C10H14O. The van der Waals surface area contributed by atoms with Crippen molar-refractivity contribution in [3.05, 3.63) is 0 Å². The highest BCUT2D eigenvalue weighted by molar-refractivity contribution is 5.37. The van der Waals surface area contributed by atoms with Gasteiger partial charge < -0.3 is 5.11 Å². The van der Waals surface area contributed by atoms with Crippen LogP contribution in [0.5, 0.6) is 0 Å². The molecule has 0 aromatic rings. The standard InChI is InChI=1S/C10H14O/c1-8-2-6-3-9(6)5-10(11,4-8)7(8)9/h6-7,11H,2-5H2,1H3. The van der Waals surface area contributed by atoms with Gasteiger partial charge in [0.05, 0.1) is 5.60 Å². The van der Waals surface area contributed by atoms with Gasteiger partial charge >= 0.3 is 0 Å². The fourth-order valence-corrected chi connectivity index (χ4v) is 5.35. The Morgan fingerprint density at radius 2 is 2.09 bits per heavy atom. The van der Waals surface area contributed by atoms with Crippen LogP contribution in [-0.2, 0) is 0 Å². The predicted molar refractivity (Wildman–Crippen MR) is 40.9 cm³/mol. The van der Waals surface area contributed by atoms with Gasteiger partial charge in [-0.2, -0.15) is 0 Å². The van der Waals surface area contributed by atoms with Gasteiger partial charge in [0.25, 0.3) is 0 Å². The van der Waals surface area contributed by atoms with Crippen LogP contribution in [0.25, 0.3) is 0 Å². The van der Waals surface area contributed by atoms with Crippen LogP contribution in [0, 0.1) is 22.7 Å². The summed E-state index contributed by atoms with van der Waals surface area (Å²) in [6.45, 7) is 2.39. The molecule has 0 bridgehead atoms. The van der Waals surface area contributed by atoms with Gasteiger partial charge in [0, 0.05) is 0 Å². The van der Waals surface area contributed by atoms with Crippen LogP contribution in [0.2, 0.25) is 0 Å². The lowest BCUT2D eigenvalue weighted by atomic mass is 9.39. The number of aliphatic hydroxyl groups is 1. The van der Waals surface area contributed by atoms with Crippen molar-refractivity contribution in [3.63, 3.8) is 0 Å². The minimum atomic E-state index is -0.167. The first-order chi connectivity index (χ1) is 5.09. The first-order valence-corrected chi connectivity index (χ1v) is 4.82. The Hall–Kier alpha value is -0.0400. The minimum absolute atomic E-state index is 0.167. The molecule has 4 fully saturated rings. The van der Waals surface area contributed by atoms with E-state index >= 15 is 0 Å². The first kappa shape index (κ1) is 5.58. The summed E-state index contributed by atoms with van der Waals surface area (Å²) in [6, 6.07) is 0. The molecule has 4 rings (SSSR count). The topological polar surface area (TPSA) is 20.2 Å². The number of rotatable bonds is 0. The van der Waals surface area contributed by atoms with Crippen molar-refractivity contribution in [1.29, 1.82) is 0 Å². The highest BCUT2D eigenvalue weighted by atomic mass is 16.3. The van der Waals surface area contributed by atoms with E-state index in [0.29, 0.717) is 10.8 Å². The molecule has 5 unspecified atom stereocenters. The second-order valence-electron chi connectivity index (χ2n) is 5.88. The van der Waals surface area contributed by atoms with Gasteiger partial charge in [-0.1, -0.05) is 6.92 Å². The lowest BCUT2D eigenvalue weighted by Gasteiger charge is -2.68. The van der Waals surface area contributed by atoms with Crippen LogP contribution < -0.4 is 0 Å². The van der Waals surface area contributed by atoms with Crippen molar-refractivity contribution >= 4 is 0 Å². The molecular weight excluding hydrogens is 136 g/mol. The highest BCUT2D eigenvalue weighted by Gasteiger charge is 2.87. The largest absolute Gasteiger partial charge is 0.390 e. The van der Waals surface area contributed by atoms with Crippen molar-refractivity contribution in [2.75, 3.05) is 0 Å². The quantitative estimate of drug-likeness (QED) is 0.555. The first-order valence-electron chi connectivity index (χ1n) is 4.82. The van der Waals surface area contributed by atoms with Crippen LogP contribution in [0.4, 0.5) is 0 Å². The molecule has 4 saturated carbocycles. The average molecular weight is 150 g/mol. The summed E-state index contributed by atoms with van der Waals surface area (Å²) in [7, 11) is 0. The Bertz CT molecular complexity index is 259. The molecule has 0 amide bonds. The third-order valence-electron chi connectivity index (χ3n) is 5.15. The normalized spacial score (nSPS) is 81.3. The summed E-state index contributed by atoms with van der Waals surface area (Å²) in [6.07, 6.45) is 5.16. The third-order valence-corrected chi connectivity index (χ3v) is 5.15. The maximum atomic E-state index is 10.0. The monoisotopic (exact) mass is 150 g/mol. The average Bonchev–Trinajstić information content (AvgIpc) is 2.34. The molecule has 0 aromatic heterocycles. The Balaban J connectivity index is 1.89. The maximum Gasteiger partial charge on any atom is 0.0697 e. The molecule has 0 saturated heterocycles. The van der Waals surface area contributed by atoms with Crippen LogP contribution >= 0.6 is 0 Å². The van der Waals surface area contributed by atoms with Gasteiger partial charge in [0.15, 0.2) is 0 Å². The summed E-state index contributed by atoms with van der Waals surface area (Å²) in [5.41, 5.74) is 1.11. The van der Waals surface area contributed by atoms with Crippen LogP contribution in [0.3, 0.4) is 0 Å².